The van der Waals surface area contributed by atoms with Gasteiger partial charge in [-0.15, -0.1) is 10.2 Å². The zero-order chi connectivity index (χ0) is 26.1. The Morgan fingerprint density at radius 1 is 0.865 bits per heavy atom. The van der Waals surface area contributed by atoms with E-state index in [4.69, 9.17) is 11.5 Å². The van der Waals surface area contributed by atoms with Gasteiger partial charge in [0.25, 0.3) is 0 Å². The number of rotatable bonds is 5. The van der Waals surface area contributed by atoms with Crippen molar-refractivity contribution in [3.63, 3.8) is 0 Å². The summed E-state index contributed by atoms with van der Waals surface area (Å²) in [6, 6.07) is 12.8. The van der Waals surface area contributed by atoms with E-state index < -0.39 is 11.6 Å². The minimum Gasteiger partial charge on any atom is -0.382 e. The molecule has 0 saturated carbocycles. The fraction of sp³-hybridized carbons (Fsp3) is 0.0769. The summed E-state index contributed by atoms with van der Waals surface area (Å²) in [4.78, 5) is 51.3. The third-order valence-electron chi connectivity index (χ3n) is 5.78. The molecular weight excluding hydrogens is 472 g/mol. The number of fused-ring (bicyclic) bond motifs is 2. The minimum absolute atomic E-state index is 0.00285. The molecule has 2 aromatic carbocycles. The van der Waals surface area contributed by atoms with Crippen LogP contribution in [0.5, 0.6) is 0 Å². The topological polar surface area (TPSA) is 179 Å². The molecule has 11 nitrogen and oxygen atoms in total. The van der Waals surface area contributed by atoms with E-state index in [1.165, 1.54) is 12.1 Å². The van der Waals surface area contributed by atoms with Crippen LogP contribution in [0.15, 0.2) is 71.2 Å². The minimum atomic E-state index is -0.419. The van der Waals surface area contributed by atoms with Gasteiger partial charge in [-0.05, 0) is 24.3 Å². The molecule has 0 radical (unpaired) electrons. The Hall–Kier alpha value is -5.32. The lowest BCUT2D eigenvalue weighted by atomic mass is 9.82. The van der Waals surface area contributed by atoms with Gasteiger partial charge < -0.3 is 16.8 Å². The van der Waals surface area contributed by atoms with Crippen LogP contribution in [-0.2, 0) is 4.79 Å². The molecule has 0 saturated heterocycles. The Labute approximate surface area is 210 Å². The highest BCUT2D eigenvalue weighted by Crippen LogP contribution is 2.38. The lowest BCUT2D eigenvalue weighted by Gasteiger charge is -2.21. The van der Waals surface area contributed by atoms with Gasteiger partial charge in [0, 0.05) is 35.5 Å². The number of nitrogens with two attached hydrogens (primary N) is 2. The van der Waals surface area contributed by atoms with Crippen molar-refractivity contribution >= 4 is 46.2 Å². The molecule has 0 unspecified atom stereocenters. The predicted octanol–water partition coefficient (Wildman–Crippen LogP) is 4.24. The number of azo groups is 1. The summed E-state index contributed by atoms with van der Waals surface area (Å²) in [5.74, 6) is -0.797. The van der Waals surface area contributed by atoms with Gasteiger partial charge >= 0.3 is 0 Å². The fourth-order valence-corrected chi connectivity index (χ4v) is 3.98. The van der Waals surface area contributed by atoms with Crippen LogP contribution in [0.3, 0.4) is 0 Å². The summed E-state index contributed by atoms with van der Waals surface area (Å²) in [6.45, 7) is 1.70. The molecule has 5 rings (SSSR count). The second-order valence-electron chi connectivity index (χ2n) is 8.09. The second-order valence-corrected chi connectivity index (χ2v) is 8.09. The number of ketones is 2. The van der Waals surface area contributed by atoms with Crippen LogP contribution in [0.4, 0.5) is 28.7 Å². The van der Waals surface area contributed by atoms with Crippen LogP contribution in [0.25, 0.3) is 11.4 Å². The molecule has 2 heterocycles. The van der Waals surface area contributed by atoms with Crippen LogP contribution < -0.4 is 16.8 Å². The van der Waals surface area contributed by atoms with Crippen LogP contribution in [0.1, 0.15) is 45.2 Å². The van der Waals surface area contributed by atoms with Crippen LogP contribution in [0.2, 0.25) is 0 Å². The summed E-state index contributed by atoms with van der Waals surface area (Å²) in [7, 11) is 0. The maximum atomic E-state index is 13.5. The number of carbonyl (C=O) groups is 3. The highest BCUT2D eigenvalue weighted by atomic mass is 16.2. The van der Waals surface area contributed by atoms with E-state index in [9.17, 15) is 14.4 Å². The molecule has 1 aliphatic carbocycles. The lowest BCUT2D eigenvalue weighted by molar-refractivity contribution is -0.115. The largest absolute Gasteiger partial charge is 0.382 e. The Kier molecular flexibility index (Phi) is 5.94. The van der Waals surface area contributed by atoms with E-state index in [0.29, 0.717) is 11.4 Å². The first-order valence-electron chi connectivity index (χ1n) is 11.3. The van der Waals surface area contributed by atoms with Gasteiger partial charge in [0.2, 0.25) is 5.91 Å². The normalized spacial score (nSPS) is 12.4. The van der Waals surface area contributed by atoms with E-state index in [0.717, 1.165) is 0 Å². The van der Waals surface area contributed by atoms with Crippen LogP contribution in [0, 0.1) is 0 Å². The van der Waals surface area contributed by atoms with Crippen molar-refractivity contribution < 1.29 is 14.4 Å². The van der Waals surface area contributed by atoms with E-state index >= 15 is 0 Å². The third-order valence-corrected chi connectivity index (χ3v) is 5.78. The molecule has 0 aliphatic heterocycles. The first-order valence-corrected chi connectivity index (χ1v) is 11.3. The van der Waals surface area contributed by atoms with Gasteiger partial charge in [-0.2, -0.15) is 0 Å². The molecule has 182 valence electrons. The quantitative estimate of drug-likeness (QED) is 0.305. The van der Waals surface area contributed by atoms with E-state index in [1.807, 2.05) is 0 Å². The Balaban J connectivity index is 1.54. The summed E-state index contributed by atoms with van der Waals surface area (Å²) in [6.07, 6.45) is 3.41. The monoisotopic (exact) mass is 492 g/mol. The highest BCUT2D eigenvalue weighted by molar-refractivity contribution is 6.32. The predicted molar refractivity (Wildman–Crippen MR) is 137 cm³/mol. The number of hydrogen-bond acceptors (Lipinski definition) is 10. The van der Waals surface area contributed by atoms with Crippen molar-refractivity contribution in [1.29, 1.82) is 0 Å². The van der Waals surface area contributed by atoms with E-state index in [1.54, 1.807) is 55.7 Å². The van der Waals surface area contributed by atoms with Gasteiger partial charge in [-0.3, -0.25) is 19.4 Å². The Bertz CT molecular complexity index is 1590. The third kappa shape index (κ3) is 4.18. The second kappa shape index (κ2) is 9.38. The van der Waals surface area contributed by atoms with Crippen molar-refractivity contribution in [3.8, 4) is 11.4 Å². The van der Waals surface area contributed by atoms with Crippen LogP contribution >= 0.6 is 0 Å². The molecule has 2 aromatic heterocycles. The molecule has 0 atom stereocenters. The van der Waals surface area contributed by atoms with Gasteiger partial charge in [-0.25, -0.2) is 9.97 Å². The molecule has 1 amide bonds. The van der Waals surface area contributed by atoms with E-state index in [2.05, 4.69) is 30.5 Å². The number of nitrogens with one attached hydrogen (secondary N) is 1. The summed E-state index contributed by atoms with van der Waals surface area (Å²) in [5, 5.41) is 11.0. The highest BCUT2D eigenvalue weighted by Gasteiger charge is 2.34. The molecule has 37 heavy (non-hydrogen) atoms. The summed E-state index contributed by atoms with van der Waals surface area (Å²) >= 11 is 0. The van der Waals surface area contributed by atoms with Gasteiger partial charge in [0.15, 0.2) is 34.7 Å². The molecule has 4 aromatic rings. The maximum Gasteiger partial charge on any atom is 0.224 e. The molecule has 0 bridgehead atoms. The molecule has 0 fully saturated rings. The summed E-state index contributed by atoms with van der Waals surface area (Å²) in [5.41, 5.74) is 13.9. The van der Waals surface area contributed by atoms with Gasteiger partial charge in [0.05, 0.1) is 22.5 Å². The maximum absolute atomic E-state index is 13.5. The standard InChI is InChI=1S/C26H20N8O3/c1-2-18(35)30-16-7-3-5-14-19(16)22(36)15-6-4-8-17(20(15)23(14)37)33-34-21-24(27)31-26(32-25(21)28)13-9-11-29-12-10-13/h3-12H,2H2,1H3,(H,30,35)(H4,27,28,31,32). The number of aromatic nitrogens is 3. The van der Waals surface area contributed by atoms with Crippen molar-refractivity contribution in [1.82, 2.24) is 15.0 Å². The van der Waals surface area contributed by atoms with Crippen LogP contribution in [-0.4, -0.2) is 32.4 Å². The fourth-order valence-electron chi connectivity index (χ4n) is 3.98. The zero-order valence-electron chi connectivity index (χ0n) is 19.6. The van der Waals surface area contributed by atoms with Crippen molar-refractivity contribution in [2.24, 2.45) is 10.2 Å². The molecular formula is C26H20N8O3. The number of amides is 1. The first-order chi connectivity index (χ1) is 17.9. The van der Waals surface area contributed by atoms with Crippen molar-refractivity contribution in [2.45, 2.75) is 13.3 Å². The molecule has 1 aliphatic rings. The van der Waals surface area contributed by atoms with E-state index in [-0.39, 0.29) is 63.3 Å². The number of hydrogen-bond donors (Lipinski definition) is 3. The van der Waals surface area contributed by atoms with Gasteiger partial charge in [-0.1, -0.05) is 31.2 Å². The number of nitrogen functional groups attached to an aromatic ring is 2. The number of nitrogens with zero attached hydrogens (tertiary/aromatic N) is 5. The Morgan fingerprint density at radius 3 is 2.16 bits per heavy atom. The molecule has 0 spiro atoms. The number of benzene rings is 2. The van der Waals surface area contributed by atoms with Crippen molar-refractivity contribution in [3.05, 3.63) is 83.2 Å². The molecule has 5 N–H and O–H groups in total. The average Bonchev–Trinajstić information content (AvgIpc) is 2.91. The smallest absolute Gasteiger partial charge is 0.224 e. The SMILES string of the molecule is CCC(=O)Nc1cccc2c1C(=O)c1cccc(N=Nc3c(N)nc(-c4ccncc4)nc3N)c1C2=O. The Morgan fingerprint density at radius 2 is 1.49 bits per heavy atom. The first kappa shape index (κ1) is 23.4. The summed E-state index contributed by atoms with van der Waals surface area (Å²) < 4.78 is 0. The average molecular weight is 492 g/mol. The van der Waals surface area contributed by atoms with Gasteiger partial charge in [0.1, 0.15) is 0 Å². The lowest BCUT2D eigenvalue weighted by Crippen LogP contribution is -2.23. The number of pyridine rings is 1. The zero-order valence-corrected chi connectivity index (χ0v) is 19.6. The van der Waals surface area contributed by atoms with Crippen molar-refractivity contribution in [2.75, 3.05) is 16.8 Å². The molecule has 11 heteroatoms. The number of anilines is 3. The number of carbonyl (C=O) groups excluding carboxylic acids is 3.